The Labute approximate surface area is 146 Å². The Morgan fingerprint density at radius 2 is 2.21 bits per heavy atom. The predicted molar refractivity (Wildman–Crippen MR) is 92.5 cm³/mol. The summed E-state index contributed by atoms with van der Waals surface area (Å²) in [6, 6.07) is 7.13. The fourth-order valence-corrected chi connectivity index (χ4v) is 2.96. The van der Waals surface area contributed by atoms with Gasteiger partial charge in [-0.2, -0.15) is 5.10 Å². The second-order valence-corrected chi connectivity index (χ2v) is 6.35. The molecule has 0 saturated carbocycles. The zero-order chi connectivity index (χ0) is 16.9. The van der Waals surface area contributed by atoms with Gasteiger partial charge < -0.3 is 15.0 Å². The molecule has 128 valence electrons. The highest BCUT2D eigenvalue weighted by molar-refractivity contribution is 6.30. The number of hydrogen-bond acceptors (Lipinski definition) is 3. The zero-order valence-electron chi connectivity index (χ0n) is 13.6. The van der Waals surface area contributed by atoms with Crippen molar-refractivity contribution in [2.24, 2.45) is 7.05 Å². The van der Waals surface area contributed by atoms with E-state index in [4.69, 9.17) is 16.3 Å². The number of aromatic nitrogens is 2. The van der Waals surface area contributed by atoms with Gasteiger partial charge in [0.05, 0.1) is 12.7 Å². The van der Waals surface area contributed by atoms with Gasteiger partial charge in [0.1, 0.15) is 12.4 Å². The van der Waals surface area contributed by atoms with Crippen LogP contribution in [0.3, 0.4) is 0 Å². The molecule has 24 heavy (non-hydrogen) atoms. The van der Waals surface area contributed by atoms with Crippen LogP contribution in [-0.4, -0.2) is 47.0 Å². The van der Waals surface area contributed by atoms with E-state index in [1.165, 1.54) is 5.56 Å². The lowest BCUT2D eigenvalue weighted by Gasteiger charge is -2.17. The number of carbonyl (C=O) groups excluding carboxylic acids is 1. The molecule has 2 aromatic rings. The molecule has 7 heteroatoms. The molecule has 6 nitrogen and oxygen atoms in total. The van der Waals surface area contributed by atoms with Gasteiger partial charge in [-0.25, -0.2) is 4.79 Å². The SMILES string of the molecule is Cn1cc([C@@H]2CCN(C(=O)NCCOc3ccc(Cl)cc3)C2)cn1. The second-order valence-electron chi connectivity index (χ2n) is 5.91. The lowest BCUT2D eigenvalue weighted by Crippen LogP contribution is -2.40. The molecule has 1 aromatic heterocycles. The Hall–Kier alpha value is -2.21. The van der Waals surface area contributed by atoms with Gasteiger partial charge in [0.15, 0.2) is 0 Å². The Balaban J connectivity index is 1.39. The third kappa shape index (κ3) is 4.20. The van der Waals surface area contributed by atoms with Gasteiger partial charge in [-0.15, -0.1) is 0 Å². The molecule has 0 spiro atoms. The van der Waals surface area contributed by atoms with Crippen molar-refractivity contribution in [3.63, 3.8) is 0 Å². The Morgan fingerprint density at radius 1 is 1.42 bits per heavy atom. The third-order valence-electron chi connectivity index (χ3n) is 4.13. The molecule has 1 atom stereocenters. The molecular weight excluding hydrogens is 328 g/mol. The first-order valence-corrected chi connectivity index (χ1v) is 8.39. The van der Waals surface area contributed by atoms with Crippen LogP contribution >= 0.6 is 11.6 Å². The first-order valence-electron chi connectivity index (χ1n) is 8.01. The molecule has 1 aliphatic heterocycles. The Bertz CT molecular complexity index is 686. The molecule has 0 radical (unpaired) electrons. The van der Waals surface area contributed by atoms with Gasteiger partial charge in [0.2, 0.25) is 0 Å². The van der Waals surface area contributed by atoms with Crippen LogP contribution in [-0.2, 0) is 7.05 Å². The monoisotopic (exact) mass is 348 g/mol. The molecule has 0 aliphatic carbocycles. The minimum atomic E-state index is -0.0407. The van der Waals surface area contributed by atoms with Gasteiger partial charge >= 0.3 is 6.03 Å². The highest BCUT2D eigenvalue weighted by Gasteiger charge is 2.27. The number of carbonyl (C=O) groups is 1. The largest absolute Gasteiger partial charge is 0.492 e. The smallest absolute Gasteiger partial charge is 0.317 e. The fourth-order valence-electron chi connectivity index (χ4n) is 2.84. The number of nitrogens with one attached hydrogen (secondary N) is 1. The molecule has 1 aromatic carbocycles. The number of aryl methyl sites for hydroxylation is 1. The molecule has 1 N–H and O–H groups in total. The molecule has 2 amide bonds. The van der Waals surface area contributed by atoms with Crippen molar-refractivity contribution >= 4 is 17.6 Å². The van der Waals surface area contributed by atoms with E-state index in [-0.39, 0.29) is 6.03 Å². The molecule has 2 heterocycles. The Morgan fingerprint density at radius 3 is 2.92 bits per heavy atom. The van der Waals surface area contributed by atoms with E-state index < -0.39 is 0 Å². The number of urea groups is 1. The summed E-state index contributed by atoms with van der Waals surface area (Å²) in [6.07, 6.45) is 4.87. The van der Waals surface area contributed by atoms with E-state index in [1.54, 1.807) is 16.8 Å². The van der Waals surface area contributed by atoms with E-state index in [2.05, 4.69) is 10.4 Å². The zero-order valence-corrected chi connectivity index (χ0v) is 14.4. The lowest BCUT2D eigenvalue weighted by molar-refractivity contribution is 0.204. The number of benzene rings is 1. The number of ether oxygens (including phenoxy) is 1. The number of nitrogens with zero attached hydrogens (tertiary/aromatic N) is 3. The summed E-state index contributed by atoms with van der Waals surface area (Å²) in [6.45, 7) is 2.39. The van der Waals surface area contributed by atoms with Crippen molar-refractivity contribution in [1.82, 2.24) is 20.0 Å². The number of amides is 2. The van der Waals surface area contributed by atoms with E-state index in [0.717, 1.165) is 25.3 Å². The van der Waals surface area contributed by atoms with E-state index in [9.17, 15) is 4.79 Å². The lowest BCUT2D eigenvalue weighted by atomic mass is 10.0. The van der Waals surface area contributed by atoms with Crippen molar-refractivity contribution < 1.29 is 9.53 Å². The highest BCUT2D eigenvalue weighted by atomic mass is 35.5. The number of likely N-dealkylation sites (tertiary alicyclic amines) is 1. The molecule has 1 fully saturated rings. The average molecular weight is 349 g/mol. The van der Waals surface area contributed by atoms with Crippen molar-refractivity contribution in [2.45, 2.75) is 12.3 Å². The maximum atomic E-state index is 12.2. The first kappa shape index (κ1) is 16.6. The van der Waals surface area contributed by atoms with Crippen molar-refractivity contribution in [1.29, 1.82) is 0 Å². The third-order valence-corrected chi connectivity index (χ3v) is 4.38. The van der Waals surface area contributed by atoms with Gasteiger partial charge in [-0.1, -0.05) is 11.6 Å². The normalized spacial score (nSPS) is 17.1. The summed E-state index contributed by atoms with van der Waals surface area (Å²) < 4.78 is 7.36. The quantitative estimate of drug-likeness (QED) is 0.845. The highest BCUT2D eigenvalue weighted by Crippen LogP contribution is 2.26. The Kier molecular flexibility index (Phi) is 5.25. The summed E-state index contributed by atoms with van der Waals surface area (Å²) in [5.41, 5.74) is 1.19. The summed E-state index contributed by atoms with van der Waals surface area (Å²) >= 11 is 5.82. The maximum Gasteiger partial charge on any atom is 0.317 e. The molecular formula is C17H21ClN4O2. The standard InChI is InChI=1S/C17H21ClN4O2/c1-21-11-14(10-20-21)13-6-8-22(12-13)17(23)19-7-9-24-16-4-2-15(18)3-5-16/h2-5,10-11,13H,6-9,12H2,1H3,(H,19,23)/t13-/m1/s1. The van der Waals surface area contributed by atoms with Crippen LogP contribution in [0.2, 0.25) is 5.02 Å². The molecule has 0 bridgehead atoms. The summed E-state index contributed by atoms with van der Waals surface area (Å²) in [7, 11) is 1.91. The molecule has 3 rings (SSSR count). The minimum Gasteiger partial charge on any atom is -0.492 e. The number of halogens is 1. The van der Waals surface area contributed by atoms with Crippen LogP contribution in [0.5, 0.6) is 5.75 Å². The fraction of sp³-hybridized carbons (Fsp3) is 0.412. The van der Waals surface area contributed by atoms with Gasteiger partial charge in [-0.3, -0.25) is 4.68 Å². The van der Waals surface area contributed by atoms with Crippen LogP contribution in [0.25, 0.3) is 0 Å². The number of hydrogen-bond donors (Lipinski definition) is 1. The van der Waals surface area contributed by atoms with E-state index in [1.807, 2.05) is 36.5 Å². The van der Waals surface area contributed by atoms with Gasteiger partial charge in [0, 0.05) is 37.3 Å². The van der Waals surface area contributed by atoms with Crippen LogP contribution in [0, 0.1) is 0 Å². The molecule has 0 unspecified atom stereocenters. The van der Waals surface area contributed by atoms with E-state index in [0.29, 0.717) is 24.1 Å². The van der Waals surface area contributed by atoms with Crippen molar-refractivity contribution in [2.75, 3.05) is 26.2 Å². The molecule has 1 saturated heterocycles. The predicted octanol–water partition coefficient (Wildman–Crippen LogP) is 2.65. The summed E-state index contributed by atoms with van der Waals surface area (Å²) in [5.74, 6) is 1.11. The van der Waals surface area contributed by atoms with Gasteiger partial charge in [-0.05, 0) is 36.2 Å². The van der Waals surface area contributed by atoms with Crippen LogP contribution < -0.4 is 10.1 Å². The van der Waals surface area contributed by atoms with Gasteiger partial charge in [0.25, 0.3) is 0 Å². The molecule has 1 aliphatic rings. The van der Waals surface area contributed by atoms with Crippen LogP contribution in [0.15, 0.2) is 36.7 Å². The second kappa shape index (κ2) is 7.57. The number of rotatable bonds is 5. The first-order chi connectivity index (χ1) is 11.6. The maximum absolute atomic E-state index is 12.2. The van der Waals surface area contributed by atoms with Crippen molar-refractivity contribution in [3.05, 3.63) is 47.2 Å². The minimum absolute atomic E-state index is 0.0407. The average Bonchev–Trinajstić information content (AvgIpc) is 3.22. The summed E-state index contributed by atoms with van der Waals surface area (Å²) in [4.78, 5) is 14.1. The van der Waals surface area contributed by atoms with Crippen LogP contribution in [0.1, 0.15) is 17.9 Å². The summed E-state index contributed by atoms with van der Waals surface area (Å²) in [5, 5.41) is 7.77. The van der Waals surface area contributed by atoms with Crippen molar-refractivity contribution in [3.8, 4) is 5.75 Å². The topological polar surface area (TPSA) is 59.4 Å². The van der Waals surface area contributed by atoms with E-state index >= 15 is 0 Å². The van der Waals surface area contributed by atoms with Crippen LogP contribution in [0.4, 0.5) is 4.79 Å².